The van der Waals surface area contributed by atoms with Gasteiger partial charge in [0.2, 0.25) is 5.96 Å². The Kier molecular flexibility index (Phi) is 15.7. The molecular weight excluding hydrogens is 528 g/mol. The fraction of sp³-hybridized carbons (Fsp3) is 0.440. The summed E-state index contributed by atoms with van der Waals surface area (Å²) in [4.78, 5) is 18.7. The zero-order valence-electron chi connectivity index (χ0n) is 21.5. The van der Waals surface area contributed by atoms with Crippen LogP contribution in [0.1, 0.15) is 25.7 Å². The number of carbonyl (C=O) groups is 1. The molecule has 1 aromatic heterocycles. The number of carbonyl (C=O) groups excluding carboxylic acids is 1. The number of nitrogens with zero attached hydrogens (tertiary/aromatic N) is 6. The number of aliphatic imine (C=N–C) groups is 1. The van der Waals surface area contributed by atoms with Crippen molar-refractivity contribution in [2.45, 2.75) is 32.4 Å². The van der Waals surface area contributed by atoms with E-state index in [4.69, 9.17) is 41.3 Å². The minimum absolute atomic E-state index is 0.0232. The molecular formula is C25H32ClN8O5+. The zero-order valence-corrected chi connectivity index (χ0v) is 22.3. The third-order valence-corrected chi connectivity index (χ3v) is 5.16. The summed E-state index contributed by atoms with van der Waals surface area (Å²) in [5, 5.41) is 18.6. The standard InChI is InChI=1S/C25H31ClN8O5/c26-21-5-7-23(8-6-21)37-15-4-2-1-3-11-29-24(30-19-27)32-22-9-13-34(14-10-22)20-39-25(35)38-18-17-36-16-12-31-33-28/h5-10,13-14H,1-4,11-12,15-18,20H2,(H,29,30)/p+1. The second-order valence-electron chi connectivity index (χ2n) is 7.85. The van der Waals surface area contributed by atoms with Gasteiger partial charge in [0.25, 0.3) is 6.73 Å². The van der Waals surface area contributed by atoms with Crippen LogP contribution in [0.15, 0.2) is 58.9 Å². The second-order valence-corrected chi connectivity index (χ2v) is 8.28. The third kappa shape index (κ3) is 14.9. The Bertz CT molecular complexity index is 1100. The molecule has 1 aromatic carbocycles. The summed E-state index contributed by atoms with van der Waals surface area (Å²) in [5.74, 6) is 1.16. The van der Waals surface area contributed by atoms with Crippen LogP contribution in [0.2, 0.25) is 5.02 Å². The Morgan fingerprint density at radius 3 is 2.51 bits per heavy atom. The molecule has 13 nitrogen and oxygen atoms in total. The number of benzene rings is 1. The van der Waals surface area contributed by atoms with Crippen molar-refractivity contribution in [3.63, 3.8) is 0 Å². The summed E-state index contributed by atoms with van der Waals surface area (Å²) < 4.78 is 22.4. The van der Waals surface area contributed by atoms with Gasteiger partial charge >= 0.3 is 6.16 Å². The lowest BCUT2D eigenvalue weighted by Crippen LogP contribution is -2.36. The van der Waals surface area contributed by atoms with Crippen molar-refractivity contribution >= 4 is 29.4 Å². The van der Waals surface area contributed by atoms with E-state index < -0.39 is 6.16 Å². The fourth-order valence-corrected chi connectivity index (χ4v) is 3.14. The summed E-state index contributed by atoms with van der Waals surface area (Å²) in [7, 11) is 0. The van der Waals surface area contributed by atoms with E-state index in [1.54, 1.807) is 41.2 Å². The van der Waals surface area contributed by atoms with Crippen LogP contribution in [-0.4, -0.2) is 51.6 Å². The van der Waals surface area contributed by atoms with E-state index in [9.17, 15) is 4.79 Å². The zero-order chi connectivity index (χ0) is 28.0. The normalized spacial score (nSPS) is 10.6. The maximum Gasteiger partial charge on any atom is 0.513 e. The lowest BCUT2D eigenvalue weighted by molar-refractivity contribution is -0.727. The van der Waals surface area contributed by atoms with Crippen molar-refractivity contribution in [2.24, 2.45) is 10.1 Å². The molecule has 2 N–H and O–H groups in total. The van der Waals surface area contributed by atoms with Gasteiger partial charge in [0.15, 0.2) is 18.6 Å². The van der Waals surface area contributed by atoms with E-state index in [2.05, 4.69) is 25.7 Å². The topological polar surface area (TPSA) is 167 Å². The van der Waals surface area contributed by atoms with Crippen LogP contribution in [-0.2, 0) is 20.9 Å². The predicted octanol–water partition coefficient (Wildman–Crippen LogP) is 4.54. The fourth-order valence-electron chi connectivity index (χ4n) is 3.01. The molecule has 0 saturated heterocycles. The predicted molar refractivity (Wildman–Crippen MR) is 144 cm³/mol. The summed E-state index contributed by atoms with van der Waals surface area (Å²) in [6.45, 7) is 1.82. The number of aromatic nitrogens is 1. The van der Waals surface area contributed by atoms with Crippen molar-refractivity contribution in [2.75, 3.05) is 44.8 Å². The van der Waals surface area contributed by atoms with Gasteiger partial charge in [-0.2, -0.15) is 9.83 Å². The lowest BCUT2D eigenvalue weighted by atomic mass is 10.2. The number of azide groups is 1. The molecule has 14 heteroatoms. The molecule has 0 amide bonds. The Labute approximate surface area is 231 Å². The number of rotatable bonds is 17. The first kappa shape index (κ1) is 31.0. The molecule has 0 saturated carbocycles. The van der Waals surface area contributed by atoms with E-state index in [1.165, 1.54) is 0 Å². The molecule has 0 atom stereocenters. The Morgan fingerprint density at radius 2 is 1.77 bits per heavy atom. The van der Waals surface area contributed by atoms with Crippen LogP contribution in [0.5, 0.6) is 5.75 Å². The molecule has 0 spiro atoms. The molecule has 0 fully saturated rings. The summed E-state index contributed by atoms with van der Waals surface area (Å²) >= 11 is 5.86. The number of anilines is 1. The number of nitriles is 1. The molecule has 1 heterocycles. The van der Waals surface area contributed by atoms with Crippen molar-refractivity contribution in [3.8, 4) is 11.9 Å². The average molecular weight is 560 g/mol. The molecule has 208 valence electrons. The monoisotopic (exact) mass is 559 g/mol. The first-order valence-corrected chi connectivity index (χ1v) is 12.7. The third-order valence-electron chi connectivity index (χ3n) is 4.91. The molecule has 0 bridgehead atoms. The quantitative estimate of drug-likeness (QED) is 0.0272. The molecule has 39 heavy (non-hydrogen) atoms. The van der Waals surface area contributed by atoms with Gasteiger partial charge in [-0.3, -0.25) is 10.3 Å². The summed E-state index contributed by atoms with van der Waals surface area (Å²) in [6.07, 6.45) is 8.27. The van der Waals surface area contributed by atoms with E-state index in [-0.39, 0.29) is 33.1 Å². The van der Waals surface area contributed by atoms with Gasteiger partial charge in [-0.1, -0.05) is 23.1 Å². The molecule has 0 radical (unpaired) electrons. The molecule has 2 aromatic rings. The molecule has 0 aliphatic rings. The Hall–Kier alpha value is -4.24. The number of guanidine groups is 1. The van der Waals surface area contributed by atoms with E-state index >= 15 is 0 Å². The summed E-state index contributed by atoms with van der Waals surface area (Å²) in [5.41, 5.74) is 8.86. The van der Waals surface area contributed by atoms with Gasteiger partial charge in [-0.15, -0.1) is 0 Å². The highest BCUT2D eigenvalue weighted by molar-refractivity contribution is 6.30. The molecule has 0 unspecified atom stereocenters. The van der Waals surface area contributed by atoms with Gasteiger partial charge in [0, 0.05) is 35.2 Å². The number of ether oxygens (including phenoxy) is 4. The molecule has 0 aliphatic heterocycles. The van der Waals surface area contributed by atoms with Gasteiger partial charge in [0.05, 0.1) is 25.5 Å². The number of hydrogen-bond acceptors (Lipinski definition) is 8. The van der Waals surface area contributed by atoms with Crippen LogP contribution in [0, 0.1) is 11.5 Å². The van der Waals surface area contributed by atoms with Crippen molar-refractivity contribution < 1.29 is 28.3 Å². The smallest absolute Gasteiger partial charge is 0.494 e. The van der Waals surface area contributed by atoms with Crippen LogP contribution in [0.4, 0.5) is 10.5 Å². The van der Waals surface area contributed by atoms with E-state index in [1.807, 2.05) is 18.3 Å². The van der Waals surface area contributed by atoms with Crippen molar-refractivity contribution in [3.05, 3.63) is 64.3 Å². The van der Waals surface area contributed by atoms with Crippen LogP contribution < -0.4 is 19.9 Å². The lowest BCUT2D eigenvalue weighted by Gasteiger charge is -2.08. The van der Waals surface area contributed by atoms with Crippen LogP contribution in [0.25, 0.3) is 10.4 Å². The highest BCUT2D eigenvalue weighted by Gasteiger charge is 2.09. The van der Waals surface area contributed by atoms with E-state index in [0.29, 0.717) is 29.8 Å². The van der Waals surface area contributed by atoms with Crippen molar-refractivity contribution in [1.82, 2.24) is 5.32 Å². The molecule has 2 rings (SSSR count). The van der Waals surface area contributed by atoms with Crippen molar-refractivity contribution in [1.29, 1.82) is 5.26 Å². The highest BCUT2D eigenvalue weighted by Crippen LogP contribution is 2.16. The number of hydrogen-bond donors (Lipinski definition) is 2. The minimum atomic E-state index is -0.829. The number of unbranched alkanes of at least 4 members (excludes halogenated alkanes) is 3. The summed E-state index contributed by atoms with van der Waals surface area (Å²) in [6, 6.07) is 10.8. The average Bonchev–Trinajstić information content (AvgIpc) is 2.94. The van der Waals surface area contributed by atoms with Crippen LogP contribution >= 0.6 is 11.6 Å². The number of nitrogens with one attached hydrogen (secondary N) is 2. The molecule has 0 aliphatic carbocycles. The SMILES string of the molecule is N#CNC(=NCCCCCCOc1ccc(Cl)cc1)Nc1cc[n+](COC(=O)OCCOCCN=[N+]=[N-])cc1. The highest BCUT2D eigenvalue weighted by atomic mass is 35.5. The first-order chi connectivity index (χ1) is 19.1. The van der Waals surface area contributed by atoms with Gasteiger partial charge in [-0.25, -0.2) is 4.79 Å². The Balaban J connectivity index is 1.60. The maximum atomic E-state index is 11.6. The minimum Gasteiger partial charge on any atom is -0.494 e. The van der Waals surface area contributed by atoms with Gasteiger partial charge in [0.1, 0.15) is 12.4 Å². The largest absolute Gasteiger partial charge is 0.513 e. The van der Waals surface area contributed by atoms with E-state index in [0.717, 1.165) is 31.4 Å². The first-order valence-electron chi connectivity index (χ1n) is 12.3. The Morgan fingerprint density at radius 1 is 1.00 bits per heavy atom. The second kappa shape index (κ2) is 19.8. The number of halogens is 1. The maximum absolute atomic E-state index is 11.6. The van der Waals surface area contributed by atoms with Gasteiger partial charge < -0.3 is 24.3 Å². The number of pyridine rings is 1. The van der Waals surface area contributed by atoms with Gasteiger partial charge in [-0.05, 0) is 49.1 Å². The van der Waals surface area contributed by atoms with Crippen LogP contribution in [0.3, 0.4) is 0 Å².